The first-order chi connectivity index (χ1) is 14.9. The summed E-state index contributed by atoms with van der Waals surface area (Å²) < 4.78 is 8.06. The van der Waals surface area contributed by atoms with Crippen molar-refractivity contribution in [1.82, 2.24) is 0 Å². The lowest BCUT2D eigenvalue weighted by atomic mass is 9.76. The van der Waals surface area contributed by atoms with E-state index >= 15 is 0 Å². The van der Waals surface area contributed by atoms with Crippen LogP contribution in [-0.2, 0) is 11.3 Å². The molecule has 32 heavy (non-hydrogen) atoms. The van der Waals surface area contributed by atoms with Crippen molar-refractivity contribution in [1.29, 1.82) is 0 Å². The Bertz CT molecular complexity index is 946. The summed E-state index contributed by atoms with van der Waals surface area (Å²) >= 11 is 0. The topological polar surface area (TPSA) is 9.23 Å². The van der Waals surface area contributed by atoms with Crippen LogP contribution >= 0.6 is 0 Å². The van der Waals surface area contributed by atoms with E-state index in [2.05, 4.69) is 70.2 Å². The Morgan fingerprint density at radius 3 is 2.56 bits per heavy atom. The molecule has 2 nitrogen and oxygen atoms in total. The van der Waals surface area contributed by atoms with Crippen molar-refractivity contribution in [3.63, 3.8) is 0 Å². The fraction of sp³-hybridized carbons (Fsp3) is 0.655. The van der Waals surface area contributed by atoms with Gasteiger partial charge in [0.25, 0.3) is 0 Å². The minimum Gasteiger partial charge on any atom is -1.00 e. The zero-order valence-corrected chi connectivity index (χ0v) is 22.2. The zero-order valence-electron chi connectivity index (χ0n) is 20.6. The first-order valence-electron chi connectivity index (χ1n) is 12.9. The molecular weight excluding hydrogens is 458 g/mol. The summed E-state index contributed by atoms with van der Waals surface area (Å²) in [4.78, 5) is 0. The Hall–Kier alpha value is -0.900. The van der Waals surface area contributed by atoms with E-state index in [4.69, 9.17) is 4.74 Å². The molecule has 3 fully saturated rings. The minimum absolute atomic E-state index is 0. The highest BCUT2D eigenvalue weighted by atomic mass is 79.9. The summed E-state index contributed by atoms with van der Waals surface area (Å²) in [5.41, 5.74) is 1.90. The van der Waals surface area contributed by atoms with Crippen LogP contribution in [0.25, 0.3) is 10.8 Å². The molecule has 1 saturated carbocycles. The molecule has 3 aliphatic rings. The van der Waals surface area contributed by atoms with E-state index in [9.17, 15) is 0 Å². The van der Waals surface area contributed by atoms with E-state index in [1.807, 2.05) is 0 Å². The van der Waals surface area contributed by atoms with Gasteiger partial charge in [-0.15, -0.1) is 0 Å². The Morgan fingerprint density at radius 2 is 1.78 bits per heavy atom. The maximum Gasteiger partial charge on any atom is 0.123 e. The number of benzene rings is 2. The van der Waals surface area contributed by atoms with Crippen molar-refractivity contribution in [3.05, 3.63) is 48.0 Å². The van der Waals surface area contributed by atoms with Crippen molar-refractivity contribution in [2.24, 2.45) is 17.8 Å². The Kier molecular flexibility index (Phi) is 6.85. The zero-order chi connectivity index (χ0) is 21.7. The van der Waals surface area contributed by atoms with Crippen molar-refractivity contribution in [2.75, 3.05) is 19.7 Å². The molecule has 0 N–H and O–H groups in total. The summed E-state index contributed by atoms with van der Waals surface area (Å²) in [5, 5.41) is 2.73. The minimum atomic E-state index is 0. The molecule has 2 aliphatic heterocycles. The Balaban J connectivity index is 0.00000245. The number of nitrogens with zero attached hydrogens (tertiary/aromatic N) is 1. The van der Waals surface area contributed by atoms with Crippen molar-refractivity contribution in [2.45, 2.75) is 83.9 Å². The second kappa shape index (κ2) is 9.04. The van der Waals surface area contributed by atoms with Gasteiger partial charge >= 0.3 is 0 Å². The maximum absolute atomic E-state index is 6.82. The monoisotopic (exact) mass is 499 g/mol. The summed E-state index contributed by atoms with van der Waals surface area (Å²) in [6, 6.07) is 16.0. The summed E-state index contributed by atoms with van der Waals surface area (Å²) in [6.07, 6.45) is 7.91. The largest absolute Gasteiger partial charge is 1.00 e. The number of ether oxygens (including phenoxy) is 1. The van der Waals surface area contributed by atoms with Gasteiger partial charge in [0.15, 0.2) is 0 Å². The molecule has 1 aliphatic carbocycles. The fourth-order valence-electron chi connectivity index (χ4n) is 8.43. The van der Waals surface area contributed by atoms with Gasteiger partial charge in [0, 0.05) is 29.9 Å². The first kappa shape index (κ1) is 24.2. The predicted octanol–water partition coefficient (Wildman–Crippen LogP) is 3.96. The molecule has 6 atom stereocenters. The summed E-state index contributed by atoms with van der Waals surface area (Å²) in [5.74, 6) is 2.37. The fourth-order valence-corrected chi connectivity index (χ4v) is 8.43. The Labute approximate surface area is 206 Å². The lowest BCUT2D eigenvalue weighted by Gasteiger charge is -2.43. The Morgan fingerprint density at radius 1 is 1.00 bits per heavy atom. The second-order valence-corrected chi connectivity index (χ2v) is 11.5. The summed E-state index contributed by atoms with van der Waals surface area (Å²) in [7, 11) is 0. The van der Waals surface area contributed by atoms with Crippen molar-refractivity contribution >= 4 is 10.8 Å². The van der Waals surface area contributed by atoms with Crippen LogP contribution in [0.4, 0.5) is 0 Å². The van der Waals surface area contributed by atoms with Crippen LogP contribution in [0.1, 0.15) is 71.8 Å². The van der Waals surface area contributed by atoms with Crippen LogP contribution in [0.2, 0.25) is 0 Å². The molecule has 2 aromatic carbocycles. The molecule has 2 saturated heterocycles. The van der Waals surface area contributed by atoms with Gasteiger partial charge in [0.1, 0.15) is 24.2 Å². The van der Waals surface area contributed by atoms with Crippen molar-refractivity contribution in [3.8, 4) is 0 Å². The molecule has 5 rings (SSSR count). The molecule has 0 bridgehead atoms. The first-order valence-corrected chi connectivity index (χ1v) is 12.9. The predicted molar refractivity (Wildman–Crippen MR) is 130 cm³/mol. The average molecular weight is 501 g/mol. The third-order valence-corrected chi connectivity index (χ3v) is 9.65. The summed E-state index contributed by atoms with van der Waals surface area (Å²) in [6.45, 7) is 14.5. The lowest BCUT2D eigenvalue weighted by molar-refractivity contribution is -0.967. The molecule has 0 amide bonds. The second-order valence-electron chi connectivity index (χ2n) is 11.5. The van der Waals surface area contributed by atoms with Gasteiger partial charge in [0.05, 0.1) is 6.54 Å². The quantitative estimate of drug-likeness (QED) is 0.394. The highest BCUT2D eigenvalue weighted by Crippen LogP contribution is 2.65. The molecule has 2 aromatic rings. The van der Waals surface area contributed by atoms with Gasteiger partial charge < -0.3 is 26.2 Å². The number of hydrogen-bond donors (Lipinski definition) is 0. The number of hydrogen-bond acceptors (Lipinski definition) is 1. The van der Waals surface area contributed by atoms with E-state index < -0.39 is 0 Å². The third kappa shape index (κ3) is 3.67. The maximum atomic E-state index is 6.82. The normalized spacial score (nSPS) is 37.6. The van der Waals surface area contributed by atoms with Gasteiger partial charge in [-0.05, 0) is 49.9 Å². The molecular formula is C29H42BrNO. The van der Waals surface area contributed by atoms with E-state index in [-0.39, 0.29) is 22.6 Å². The highest BCUT2D eigenvalue weighted by Gasteiger charge is 2.76. The van der Waals surface area contributed by atoms with Crippen LogP contribution in [0, 0.1) is 17.8 Å². The van der Waals surface area contributed by atoms with E-state index in [0.717, 1.165) is 25.0 Å². The van der Waals surface area contributed by atoms with Crippen molar-refractivity contribution < 1.29 is 26.2 Å². The molecule has 0 radical (unpaired) electrons. The molecule has 0 spiro atoms. The van der Waals surface area contributed by atoms with Crippen LogP contribution < -0.4 is 17.0 Å². The standard InChI is InChI=1S/C29H42NO.BrH/c1-5-6-7-10-17-31-28(3)21-30(19-22(2)26-15-16-27(28)29(26,30)4)20-23-13-14-24-11-8-9-12-25(24)18-23;/h8-9,11-14,18,22,26-27H,5-7,10,15-17,19-21H2,1-4H3;1H/q+1;/p-1/t22-,26+,27-,28-,29-,30-;/m1./s1. The molecule has 3 heteroatoms. The van der Waals surface area contributed by atoms with Gasteiger partial charge in [-0.3, -0.25) is 0 Å². The van der Waals surface area contributed by atoms with Crippen LogP contribution in [0.15, 0.2) is 42.5 Å². The number of quaternary nitrogens is 1. The number of unbranched alkanes of at least 4 members (excludes halogenated alkanes) is 3. The van der Waals surface area contributed by atoms with E-state index in [1.54, 1.807) is 0 Å². The number of fused-ring (bicyclic) bond motifs is 1. The molecule has 0 aromatic heterocycles. The average Bonchev–Trinajstić information content (AvgIpc) is 3.28. The number of halogens is 1. The van der Waals surface area contributed by atoms with Gasteiger partial charge in [-0.1, -0.05) is 69.5 Å². The molecule has 0 unspecified atom stereocenters. The molecule has 2 heterocycles. The van der Waals surface area contributed by atoms with Gasteiger partial charge in [0.2, 0.25) is 0 Å². The third-order valence-electron chi connectivity index (χ3n) is 9.65. The van der Waals surface area contributed by atoms with Crippen LogP contribution in [0.5, 0.6) is 0 Å². The van der Waals surface area contributed by atoms with Gasteiger partial charge in [-0.25, -0.2) is 0 Å². The molecule has 176 valence electrons. The smallest absolute Gasteiger partial charge is 0.123 e. The van der Waals surface area contributed by atoms with Gasteiger partial charge in [-0.2, -0.15) is 0 Å². The van der Waals surface area contributed by atoms with Crippen LogP contribution in [0.3, 0.4) is 0 Å². The van der Waals surface area contributed by atoms with Crippen LogP contribution in [-0.4, -0.2) is 35.3 Å². The number of rotatable bonds is 8. The van der Waals surface area contributed by atoms with E-state index in [0.29, 0.717) is 11.5 Å². The highest BCUT2D eigenvalue weighted by molar-refractivity contribution is 5.82. The lowest BCUT2D eigenvalue weighted by Crippen LogP contribution is -3.00. The van der Waals surface area contributed by atoms with E-state index in [1.165, 1.54) is 72.4 Å². The SMILES string of the molecule is CCCCCCO[C@]1(C)C[N@+]2(Cc3ccc4ccccc4c3)C[C@@H](C)[C@@H]3CC[C@H]1[C@@]32C.[Br-].